The van der Waals surface area contributed by atoms with Gasteiger partial charge in [-0.3, -0.25) is 42.9 Å². The van der Waals surface area contributed by atoms with Crippen molar-refractivity contribution in [3.63, 3.8) is 0 Å². The van der Waals surface area contributed by atoms with E-state index in [1.807, 2.05) is 26.2 Å². The number of imide groups is 1. The van der Waals surface area contributed by atoms with Crippen molar-refractivity contribution < 1.29 is 57.1 Å². The number of unbranched alkanes of at least 4 members (excludes halogenated alkanes) is 3. The lowest BCUT2D eigenvalue weighted by Gasteiger charge is -2.30. The normalized spacial score (nSPS) is 13.2. The molecule has 0 saturated heterocycles. The first kappa shape index (κ1) is 62.1. The summed E-state index contributed by atoms with van der Waals surface area (Å²) in [4.78, 5) is 130. The van der Waals surface area contributed by atoms with Crippen molar-refractivity contribution in [2.75, 3.05) is 77.5 Å². The number of amides is 9. The largest absolute Gasteiger partial charge is 0.445 e. The van der Waals surface area contributed by atoms with Crippen molar-refractivity contribution in [1.82, 2.24) is 45.6 Å². The average Bonchev–Trinajstić information content (AvgIpc) is 3.76. The molecule has 0 radical (unpaired) electrons. The van der Waals surface area contributed by atoms with Gasteiger partial charge in [0.05, 0.1) is 26.0 Å². The van der Waals surface area contributed by atoms with Crippen LogP contribution in [0.2, 0.25) is 0 Å². The van der Waals surface area contributed by atoms with E-state index in [0.717, 1.165) is 41.1 Å². The molecule has 5 rings (SSSR count). The standard InChI is InChI=1S/C55H74N14O11/c1-8-9-26-58-49-48-42(64-53(57)65-49)23-22-41(61-48)30-37-14-16-38(17-15-37)32-69(6,7)34-80-55(78)67(5)29-28-66(4)54(77)79-33-39-18-20-40(21-19-39)62-52(76)43(31-44(56)70)63-51(75)36(3)60-50(74)35(2)59-45(71)13-11-10-12-27-68-46(72)24-25-47(68)73/h14-25,35-36,43H,8-13,26-34H2,1-7H3,(H8-,56,57,58,59,60,62,63,64,65,70,71,74,75,76)/p+1/t35-,36-,43-/m0/s1. The number of likely N-dealkylation sites (N-methyl/N-ethyl adjacent to an activating group) is 2. The van der Waals surface area contributed by atoms with Gasteiger partial charge in [-0.1, -0.05) is 56.2 Å². The number of pyridine rings is 1. The first-order valence-electron chi connectivity index (χ1n) is 26.4. The van der Waals surface area contributed by atoms with Crippen LogP contribution >= 0.6 is 0 Å². The fourth-order valence-electron chi connectivity index (χ4n) is 8.06. The van der Waals surface area contributed by atoms with Crippen molar-refractivity contribution in [3.05, 3.63) is 95.2 Å². The number of anilines is 3. The molecule has 0 bridgehead atoms. The van der Waals surface area contributed by atoms with Gasteiger partial charge < -0.3 is 57.3 Å². The maximum atomic E-state index is 13.2. The molecule has 2 aromatic heterocycles. The molecule has 4 aromatic rings. The minimum atomic E-state index is -1.41. The van der Waals surface area contributed by atoms with Gasteiger partial charge in [0, 0.05) is 82.2 Å². The van der Waals surface area contributed by atoms with Gasteiger partial charge in [-0.2, -0.15) is 4.98 Å². The van der Waals surface area contributed by atoms with E-state index in [-0.39, 0.29) is 62.8 Å². The van der Waals surface area contributed by atoms with Crippen LogP contribution in [0.4, 0.5) is 27.0 Å². The van der Waals surface area contributed by atoms with Crippen molar-refractivity contribution in [1.29, 1.82) is 0 Å². The second-order valence-corrected chi connectivity index (χ2v) is 20.3. The number of ether oxygens (including phenoxy) is 2. The molecule has 0 unspecified atom stereocenters. The van der Waals surface area contributed by atoms with Crippen LogP contribution in [-0.2, 0) is 62.6 Å². The van der Waals surface area contributed by atoms with Crippen molar-refractivity contribution in [2.45, 2.75) is 103 Å². The fourth-order valence-corrected chi connectivity index (χ4v) is 8.06. The average molecular weight is 1110 g/mol. The lowest BCUT2D eigenvalue weighted by atomic mass is 10.1. The highest BCUT2D eigenvalue weighted by Gasteiger charge is 2.28. The van der Waals surface area contributed by atoms with E-state index in [0.29, 0.717) is 59.1 Å². The molecule has 1 aliphatic heterocycles. The van der Waals surface area contributed by atoms with Crippen LogP contribution in [0.1, 0.15) is 88.1 Å². The zero-order valence-corrected chi connectivity index (χ0v) is 46.5. The summed E-state index contributed by atoms with van der Waals surface area (Å²) < 4.78 is 11.5. The molecule has 430 valence electrons. The molecule has 0 aliphatic carbocycles. The molecular weight excluding hydrogens is 1030 g/mol. The lowest BCUT2D eigenvalue weighted by Crippen LogP contribution is -2.55. The number of fused-ring (bicyclic) bond motifs is 1. The number of aromatic nitrogens is 3. The molecule has 9 N–H and O–H groups in total. The van der Waals surface area contributed by atoms with Crippen LogP contribution in [0.25, 0.3) is 11.0 Å². The van der Waals surface area contributed by atoms with E-state index in [1.165, 1.54) is 55.0 Å². The van der Waals surface area contributed by atoms with E-state index in [2.05, 4.69) is 67.7 Å². The minimum absolute atomic E-state index is 0.0914. The van der Waals surface area contributed by atoms with Gasteiger partial charge in [0.1, 0.15) is 36.8 Å². The second-order valence-electron chi connectivity index (χ2n) is 20.3. The quantitative estimate of drug-likeness (QED) is 0.0171. The molecule has 3 atom stereocenters. The van der Waals surface area contributed by atoms with Gasteiger partial charge in [0.25, 0.3) is 11.8 Å². The molecule has 2 aromatic carbocycles. The third kappa shape index (κ3) is 19.9. The Morgan fingerprint density at radius 1 is 0.713 bits per heavy atom. The number of carbonyl (C=O) groups excluding carboxylic acids is 9. The predicted octanol–water partition coefficient (Wildman–Crippen LogP) is 3.07. The number of rotatable bonds is 30. The summed E-state index contributed by atoms with van der Waals surface area (Å²) >= 11 is 0. The number of hydrogen-bond donors (Lipinski definition) is 7. The van der Waals surface area contributed by atoms with E-state index in [4.69, 9.17) is 25.9 Å². The molecular formula is C55H75N14O11+. The number of hydrogen-bond acceptors (Lipinski definition) is 16. The summed E-state index contributed by atoms with van der Waals surface area (Å²) in [5, 5.41) is 13.4. The van der Waals surface area contributed by atoms with Gasteiger partial charge in [-0.15, -0.1) is 0 Å². The minimum Gasteiger partial charge on any atom is -0.445 e. The van der Waals surface area contributed by atoms with Crippen LogP contribution in [-0.4, -0.2) is 167 Å². The number of nitrogens with one attached hydrogen (secondary N) is 5. The molecule has 80 heavy (non-hydrogen) atoms. The van der Waals surface area contributed by atoms with Crippen LogP contribution in [0, 0.1) is 0 Å². The van der Waals surface area contributed by atoms with Gasteiger partial charge in [0.2, 0.25) is 42.2 Å². The zero-order chi connectivity index (χ0) is 58.5. The van der Waals surface area contributed by atoms with Crippen LogP contribution in [0.15, 0.2) is 72.8 Å². The van der Waals surface area contributed by atoms with Crippen LogP contribution in [0.5, 0.6) is 0 Å². The van der Waals surface area contributed by atoms with Gasteiger partial charge >= 0.3 is 12.2 Å². The maximum Gasteiger partial charge on any atom is 0.413 e. The Hall–Kier alpha value is -8.74. The smallest absolute Gasteiger partial charge is 0.413 e. The number of benzene rings is 2. The third-order valence-corrected chi connectivity index (χ3v) is 12.7. The van der Waals surface area contributed by atoms with Gasteiger partial charge in [-0.05, 0) is 68.5 Å². The predicted molar refractivity (Wildman–Crippen MR) is 297 cm³/mol. The summed E-state index contributed by atoms with van der Waals surface area (Å²) in [7, 11) is 7.03. The lowest BCUT2D eigenvalue weighted by molar-refractivity contribution is -0.920. The number of nitrogens with zero attached hydrogens (tertiary/aromatic N) is 7. The maximum absolute atomic E-state index is 13.2. The summed E-state index contributed by atoms with van der Waals surface area (Å²) in [6.07, 6.45) is 4.93. The van der Waals surface area contributed by atoms with Crippen molar-refractivity contribution in [3.8, 4) is 0 Å². The van der Waals surface area contributed by atoms with Gasteiger partial charge in [0.15, 0.2) is 5.82 Å². The third-order valence-electron chi connectivity index (χ3n) is 12.7. The number of primary amides is 1. The first-order valence-corrected chi connectivity index (χ1v) is 26.4. The Morgan fingerprint density at radius 3 is 1.98 bits per heavy atom. The van der Waals surface area contributed by atoms with Crippen LogP contribution in [0.3, 0.4) is 0 Å². The molecule has 0 spiro atoms. The number of quaternary nitrogens is 1. The summed E-state index contributed by atoms with van der Waals surface area (Å²) in [6.45, 7) is 6.81. The fraction of sp³-hybridized carbons (Fsp3) is 0.455. The van der Waals surface area contributed by atoms with E-state index >= 15 is 0 Å². The Kier molecular flexibility index (Phi) is 23.2. The molecule has 25 heteroatoms. The summed E-state index contributed by atoms with van der Waals surface area (Å²) in [5.74, 6) is -3.46. The Labute approximate surface area is 465 Å². The van der Waals surface area contributed by atoms with Crippen LogP contribution < -0.4 is 38.1 Å². The molecule has 1 aliphatic rings. The number of nitrogens with two attached hydrogens (primary N) is 2. The topological polar surface area (TPSA) is 333 Å². The van der Waals surface area contributed by atoms with Gasteiger partial charge in [-0.25, -0.2) is 19.6 Å². The molecule has 0 saturated carbocycles. The molecule has 0 fully saturated rings. The summed E-state index contributed by atoms with van der Waals surface area (Å²) in [5.41, 5.74) is 16.6. The Bertz CT molecular complexity index is 2860. The second kappa shape index (κ2) is 29.8. The summed E-state index contributed by atoms with van der Waals surface area (Å²) in [6, 6.07) is 14.7. The highest BCUT2D eigenvalue weighted by molar-refractivity contribution is 6.12. The zero-order valence-electron chi connectivity index (χ0n) is 46.5. The molecule has 25 nitrogen and oxygen atoms in total. The highest BCUT2D eigenvalue weighted by Crippen LogP contribution is 2.22. The highest BCUT2D eigenvalue weighted by atomic mass is 16.6. The first-order chi connectivity index (χ1) is 38.0. The van der Waals surface area contributed by atoms with E-state index < -0.39 is 66.3 Å². The SMILES string of the molecule is CCCCNc1nc(N)nc2ccc(Cc3ccc(C[N+](C)(C)COC(=O)N(C)CCN(C)C(=O)OCc4ccc(NC(=O)[C@H](CC(N)=O)NC(=O)[C@H](C)NC(=O)[C@H](C)NC(=O)CCCCCN5C(=O)C=CC5=O)cc4)cc3)nc12. The Morgan fingerprint density at radius 2 is 1.32 bits per heavy atom. The Balaban J connectivity index is 0.977. The number of nitrogen functional groups attached to an aromatic ring is 1. The molecule has 9 amide bonds. The van der Waals surface area contributed by atoms with E-state index in [1.54, 1.807) is 19.2 Å². The van der Waals surface area contributed by atoms with E-state index in [9.17, 15) is 43.2 Å². The van der Waals surface area contributed by atoms with Crippen molar-refractivity contribution >= 4 is 82.0 Å². The molecule has 3 heterocycles. The monoisotopic (exact) mass is 1110 g/mol. The van der Waals surface area contributed by atoms with Crippen molar-refractivity contribution in [2.24, 2.45) is 5.73 Å². The number of carbonyl (C=O) groups is 9.